The van der Waals surface area contributed by atoms with Crippen molar-refractivity contribution in [2.24, 2.45) is 0 Å². The summed E-state index contributed by atoms with van der Waals surface area (Å²) in [7, 11) is -3.18. The lowest BCUT2D eigenvalue weighted by atomic mass is 10.2. The molecule has 1 aromatic heterocycles. The molecule has 1 unspecified atom stereocenters. The van der Waals surface area contributed by atoms with E-state index in [-0.39, 0.29) is 6.10 Å². The molecule has 1 fully saturated rings. The van der Waals surface area contributed by atoms with Crippen LogP contribution in [0.25, 0.3) is 5.69 Å². The van der Waals surface area contributed by atoms with Gasteiger partial charge in [-0.15, -0.1) is 0 Å². The van der Waals surface area contributed by atoms with E-state index in [1.165, 1.54) is 6.26 Å². The molecule has 1 aliphatic rings. The number of benzene rings is 1. The first kappa shape index (κ1) is 14.2. The minimum absolute atomic E-state index is 0.0455. The average molecular weight is 307 g/mol. The second kappa shape index (κ2) is 5.59. The Morgan fingerprint density at radius 3 is 2.71 bits per heavy atom. The first-order valence-corrected chi connectivity index (χ1v) is 8.60. The Balaban J connectivity index is 1.92. The van der Waals surface area contributed by atoms with E-state index in [0.29, 0.717) is 11.5 Å². The predicted molar refractivity (Wildman–Crippen MR) is 78.2 cm³/mol. The molecule has 0 aliphatic carbocycles. The standard InChI is InChI=1S/C14H17N3O3S/c1-21(18,19)12-4-2-11(3-5-12)17-10-16-8-13(17)14-9-15-6-7-20-14/h2-5,8,10,14-15H,6-7,9H2,1H3. The quantitative estimate of drug-likeness (QED) is 0.913. The number of aromatic nitrogens is 2. The van der Waals surface area contributed by atoms with Crippen molar-refractivity contribution in [3.05, 3.63) is 42.5 Å². The number of morpholine rings is 1. The largest absolute Gasteiger partial charge is 0.369 e. The number of rotatable bonds is 3. The molecule has 0 bridgehead atoms. The third-order valence-electron chi connectivity index (χ3n) is 3.47. The summed E-state index contributed by atoms with van der Waals surface area (Å²) >= 11 is 0. The zero-order valence-electron chi connectivity index (χ0n) is 11.7. The number of hydrogen-bond donors (Lipinski definition) is 1. The smallest absolute Gasteiger partial charge is 0.175 e. The van der Waals surface area contributed by atoms with Crippen LogP contribution >= 0.6 is 0 Å². The van der Waals surface area contributed by atoms with Crippen molar-refractivity contribution in [1.82, 2.24) is 14.9 Å². The van der Waals surface area contributed by atoms with Gasteiger partial charge in [-0.2, -0.15) is 0 Å². The zero-order chi connectivity index (χ0) is 14.9. The lowest BCUT2D eigenvalue weighted by Gasteiger charge is -2.24. The molecule has 21 heavy (non-hydrogen) atoms. The number of nitrogens with one attached hydrogen (secondary N) is 1. The van der Waals surface area contributed by atoms with Crippen LogP contribution < -0.4 is 5.32 Å². The summed E-state index contributed by atoms with van der Waals surface area (Å²) < 4.78 is 30.7. The molecule has 0 saturated carbocycles. The monoisotopic (exact) mass is 307 g/mol. The maximum atomic E-state index is 11.5. The van der Waals surface area contributed by atoms with Crippen LogP contribution in [0.5, 0.6) is 0 Å². The first-order valence-electron chi connectivity index (χ1n) is 6.71. The molecule has 2 aromatic rings. The van der Waals surface area contributed by atoms with E-state index < -0.39 is 9.84 Å². The van der Waals surface area contributed by atoms with Crippen molar-refractivity contribution >= 4 is 9.84 Å². The van der Waals surface area contributed by atoms with Gasteiger partial charge in [-0.3, -0.25) is 0 Å². The van der Waals surface area contributed by atoms with E-state index in [1.54, 1.807) is 36.8 Å². The molecule has 0 amide bonds. The van der Waals surface area contributed by atoms with Gasteiger partial charge in [0.15, 0.2) is 9.84 Å². The van der Waals surface area contributed by atoms with Crippen LogP contribution in [-0.4, -0.2) is 43.9 Å². The number of sulfone groups is 1. The Labute approximate surface area is 123 Å². The molecule has 1 atom stereocenters. The highest BCUT2D eigenvalue weighted by Gasteiger charge is 2.20. The Hall–Kier alpha value is -1.70. The predicted octanol–water partition coefficient (Wildman–Crippen LogP) is 0.937. The highest BCUT2D eigenvalue weighted by atomic mass is 32.2. The fourth-order valence-electron chi connectivity index (χ4n) is 2.37. The summed E-state index contributed by atoms with van der Waals surface area (Å²) in [5.41, 5.74) is 1.82. The van der Waals surface area contributed by atoms with Crippen molar-refractivity contribution in [1.29, 1.82) is 0 Å². The highest BCUT2D eigenvalue weighted by Crippen LogP contribution is 2.22. The molecule has 3 rings (SSSR count). The maximum absolute atomic E-state index is 11.5. The summed E-state index contributed by atoms with van der Waals surface area (Å²) in [4.78, 5) is 4.49. The normalized spacial score (nSPS) is 19.6. The van der Waals surface area contributed by atoms with Gasteiger partial charge in [-0.05, 0) is 24.3 Å². The van der Waals surface area contributed by atoms with Crippen LogP contribution in [0, 0.1) is 0 Å². The molecule has 1 aliphatic heterocycles. The SMILES string of the molecule is CS(=O)(=O)c1ccc(-n2cncc2C2CNCCO2)cc1. The molecular weight excluding hydrogens is 290 g/mol. The molecule has 1 N–H and O–H groups in total. The number of hydrogen-bond acceptors (Lipinski definition) is 5. The lowest BCUT2D eigenvalue weighted by Crippen LogP contribution is -2.34. The third-order valence-corrected chi connectivity index (χ3v) is 4.60. The van der Waals surface area contributed by atoms with Crippen LogP contribution in [0.15, 0.2) is 41.7 Å². The van der Waals surface area contributed by atoms with E-state index in [0.717, 1.165) is 24.5 Å². The van der Waals surface area contributed by atoms with Gasteiger partial charge in [-0.25, -0.2) is 13.4 Å². The van der Waals surface area contributed by atoms with Crippen LogP contribution in [0.2, 0.25) is 0 Å². The fourth-order valence-corrected chi connectivity index (χ4v) is 3.00. The van der Waals surface area contributed by atoms with Gasteiger partial charge in [0, 0.05) is 25.0 Å². The second-order valence-corrected chi connectivity index (χ2v) is 7.03. The molecule has 2 heterocycles. The van der Waals surface area contributed by atoms with Crippen LogP contribution in [-0.2, 0) is 14.6 Å². The molecule has 1 saturated heterocycles. The topological polar surface area (TPSA) is 73.2 Å². The van der Waals surface area contributed by atoms with Gasteiger partial charge < -0.3 is 14.6 Å². The first-order chi connectivity index (χ1) is 10.1. The van der Waals surface area contributed by atoms with Crippen LogP contribution in [0.3, 0.4) is 0 Å². The summed E-state index contributed by atoms with van der Waals surface area (Å²) in [6.07, 6.45) is 4.65. The van der Waals surface area contributed by atoms with Gasteiger partial charge in [0.1, 0.15) is 6.10 Å². The van der Waals surface area contributed by atoms with E-state index in [9.17, 15) is 8.42 Å². The van der Waals surface area contributed by atoms with Gasteiger partial charge >= 0.3 is 0 Å². The van der Waals surface area contributed by atoms with Crippen molar-refractivity contribution in [3.8, 4) is 5.69 Å². The number of imidazole rings is 1. The van der Waals surface area contributed by atoms with E-state index in [4.69, 9.17) is 4.74 Å². The molecule has 1 aromatic carbocycles. The van der Waals surface area contributed by atoms with Gasteiger partial charge in [0.25, 0.3) is 0 Å². The molecule has 6 nitrogen and oxygen atoms in total. The minimum Gasteiger partial charge on any atom is -0.369 e. The van der Waals surface area contributed by atoms with Crippen molar-refractivity contribution in [2.75, 3.05) is 26.0 Å². The van der Waals surface area contributed by atoms with Crippen LogP contribution in [0.4, 0.5) is 0 Å². The Kier molecular flexibility index (Phi) is 3.79. The van der Waals surface area contributed by atoms with E-state index in [2.05, 4.69) is 10.3 Å². The Morgan fingerprint density at radius 1 is 1.33 bits per heavy atom. The Bertz CT molecular complexity index is 716. The minimum atomic E-state index is -3.18. The van der Waals surface area contributed by atoms with Gasteiger partial charge in [0.05, 0.1) is 29.7 Å². The summed E-state index contributed by atoms with van der Waals surface area (Å²) in [5, 5.41) is 3.29. The third kappa shape index (κ3) is 2.99. The van der Waals surface area contributed by atoms with E-state index in [1.807, 2.05) is 4.57 Å². The summed E-state index contributed by atoms with van der Waals surface area (Å²) in [6.45, 7) is 2.27. The number of nitrogens with zero attached hydrogens (tertiary/aromatic N) is 2. The molecule has 112 valence electrons. The maximum Gasteiger partial charge on any atom is 0.175 e. The highest BCUT2D eigenvalue weighted by molar-refractivity contribution is 7.90. The van der Waals surface area contributed by atoms with Crippen LogP contribution in [0.1, 0.15) is 11.8 Å². The lowest BCUT2D eigenvalue weighted by molar-refractivity contribution is 0.0240. The average Bonchev–Trinajstić information content (AvgIpc) is 2.97. The Morgan fingerprint density at radius 2 is 2.10 bits per heavy atom. The van der Waals surface area contributed by atoms with Crippen molar-refractivity contribution < 1.29 is 13.2 Å². The molecule has 7 heteroatoms. The molecule has 0 radical (unpaired) electrons. The summed E-state index contributed by atoms with van der Waals surface area (Å²) in [5.74, 6) is 0. The molecular formula is C14H17N3O3S. The van der Waals surface area contributed by atoms with Crippen molar-refractivity contribution in [3.63, 3.8) is 0 Å². The second-order valence-electron chi connectivity index (χ2n) is 5.02. The summed E-state index contributed by atoms with van der Waals surface area (Å²) in [6, 6.07) is 6.76. The fraction of sp³-hybridized carbons (Fsp3) is 0.357. The molecule has 0 spiro atoms. The number of ether oxygens (including phenoxy) is 1. The van der Waals surface area contributed by atoms with Gasteiger partial charge in [-0.1, -0.05) is 0 Å². The van der Waals surface area contributed by atoms with Gasteiger partial charge in [0.2, 0.25) is 0 Å². The van der Waals surface area contributed by atoms with E-state index >= 15 is 0 Å². The zero-order valence-corrected chi connectivity index (χ0v) is 12.5. The van der Waals surface area contributed by atoms with Crippen molar-refractivity contribution in [2.45, 2.75) is 11.0 Å².